The fraction of sp³-hybridized carbons (Fsp3) is 0.107. The summed E-state index contributed by atoms with van der Waals surface area (Å²) in [5.41, 5.74) is 1.40. The molecule has 2 heterocycles. The number of carbonyl (C=O) groups is 3. The summed E-state index contributed by atoms with van der Waals surface area (Å²) in [6.07, 6.45) is 0. The molecular formula is C28H20ClN3O5S2. The van der Waals surface area contributed by atoms with Crippen LogP contribution in [0.1, 0.15) is 27.5 Å². The number of halogens is 1. The summed E-state index contributed by atoms with van der Waals surface area (Å²) in [7, 11) is 1.52. The molecule has 1 fully saturated rings. The van der Waals surface area contributed by atoms with Crippen molar-refractivity contribution < 1.29 is 24.2 Å². The van der Waals surface area contributed by atoms with E-state index in [-0.39, 0.29) is 28.0 Å². The van der Waals surface area contributed by atoms with E-state index in [1.165, 1.54) is 23.8 Å². The van der Waals surface area contributed by atoms with Crippen molar-refractivity contribution in [1.82, 2.24) is 10.2 Å². The Hall–Kier alpha value is -3.99. The van der Waals surface area contributed by atoms with Gasteiger partial charge in [-0.1, -0.05) is 77.2 Å². The number of thioether (sulfide) groups is 1. The van der Waals surface area contributed by atoms with Gasteiger partial charge in [0.25, 0.3) is 5.78 Å². The maximum absolute atomic E-state index is 13.3. The van der Waals surface area contributed by atoms with Gasteiger partial charge in [0.2, 0.25) is 5.13 Å². The van der Waals surface area contributed by atoms with Crippen molar-refractivity contribution in [2.24, 2.45) is 0 Å². The Kier molecular flexibility index (Phi) is 7.78. The topological polar surface area (TPSA) is 110 Å². The highest BCUT2D eigenvalue weighted by Gasteiger charge is 2.48. The monoisotopic (exact) mass is 577 g/mol. The van der Waals surface area contributed by atoms with E-state index in [9.17, 15) is 19.5 Å². The van der Waals surface area contributed by atoms with Gasteiger partial charge in [0.1, 0.15) is 11.5 Å². The van der Waals surface area contributed by atoms with Gasteiger partial charge in [0.15, 0.2) is 10.1 Å². The summed E-state index contributed by atoms with van der Waals surface area (Å²) in [5.74, 6) is -1.39. The molecule has 1 N–H and O–H groups in total. The maximum Gasteiger partial charge on any atom is 0.301 e. The molecule has 1 aliphatic heterocycles. The zero-order chi connectivity index (χ0) is 27.5. The summed E-state index contributed by atoms with van der Waals surface area (Å²) in [6.45, 7) is 0. The third-order valence-corrected chi connectivity index (χ3v) is 8.33. The van der Waals surface area contributed by atoms with Crippen molar-refractivity contribution in [2.45, 2.75) is 10.4 Å². The first kappa shape index (κ1) is 26.6. The first-order chi connectivity index (χ1) is 18.9. The fourth-order valence-corrected chi connectivity index (χ4v) is 5.98. The molecule has 0 radical (unpaired) electrons. The minimum absolute atomic E-state index is 0.0709. The standard InChI is InChI=1S/C28H20ClN3O5S2/c1-37-20-13-9-18(10-14-20)24(34)22-23(17-7-11-19(29)12-8-17)32(26(36)25(22)35)27-30-31-28(39-27)38-15-21(33)16-5-3-2-4-6-16/h2-14,23,34H,15H2,1H3/t23-/m1/s1. The number of ketones is 2. The predicted molar refractivity (Wildman–Crippen MR) is 151 cm³/mol. The molecule has 0 aliphatic carbocycles. The number of carbonyl (C=O) groups excluding carboxylic acids is 3. The van der Waals surface area contributed by atoms with E-state index in [0.29, 0.717) is 31.8 Å². The van der Waals surface area contributed by atoms with Gasteiger partial charge in [-0.15, -0.1) is 10.2 Å². The lowest BCUT2D eigenvalue weighted by Crippen LogP contribution is -2.29. The molecule has 0 unspecified atom stereocenters. The number of aromatic nitrogens is 2. The number of nitrogens with zero attached hydrogens (tertiary/aromatic N) is 3. The number of Topliss-reactive ketones (excluding diaryl/α,β-unsaturated/α-hetero) is 2. The second kappa shape index (κ2) is 11.4. The number of aliphatic hydroxyl groups excluding tert-OH is 1. The average Bonchev–Trinajstić information content (AvgIpc) is 3.54. The number of benzene rings is 3. The van der Waals surface area contributed by atoms with Crippen LogP contribution in [0.4, 0.5) is 5.13 Å². The molecule has 4 aromatic rings. The van der Waals surface area contributed by atoms with Crippen molar-refractivity contribution in [3.05, 3.63) is 106 Å². The lowest BCUT2D eigenvalue weighted by molar-refractivity contribution is -0.132. The summed E-state index contributed by atoms with van der Waals surface area (Å²) < 4.78 is 5.63. The SMILES string of the molecule is COc1ccc(C(O)=C2C(=O)C(=O)N(c3nnc(SCC(=O)c4ccccc4)s3)[C@@H]2c2ccc(Cl)cc2)cc1. The zero-order valence-electron chi connectivity index (χ0n) is 20.4. The van der Waals surface area contributed by atoms with Crippen LogP contribution >= 0.6 is 34.7 Å². The van der Waals surface area contributed by atoms with Gasteiger partial charge in [0, 0.05) is 16.1 Å². The quantitative estimate of drug-likeness (QED) is 0.0698. The molecule has 0 saturated carbocycles. The summed E-state index contributed by atoms with van der Waals surface area (Å²) in [5, 5.41) is 20.2. The van der Waals surface area contributed by atoms with Crippen LogP contribution in [0, 0.1) is 0 Å². The zero-order valence-corrected chi connectivity index (χ0v) is 22.8. The number of ether oxygens (including phenoxy) is 1. The van der Waals surface area contributed by atoms with Gasteiger partial charge in [-0.2, -0.15) is 0 Å². The number of aliphatic hydroxyl groups is 1. The predicted octanol–water partition coefficient (Wildman–Crippen LogP) is 5.80. The molecule has 1 atom stereocenters. The second-order valence-electron chi connectivity index (χ2n) is 8.38. The van der Waals surface area contributed by atoms with Gasteiger partial charge in [0.05, 0.1) is 24.5 Å². The molecule has 0 bridgehead atoms. The highest BCUT2D eigenvalue weighted by atomic mass is 35.5. The Labute approximate surface area is 236 Å². The number of rotatable bonds is 8. The minimum Gasteiger partial charge on any atom is -0.507 e. The molecular weight excluding hydrogens is 558 g/mol. The summed E-state index contributed by atoms with van der Waals surface area (Å²) >= 11 is 8.37. The van der Waals surface area contributed by atoms with Crippen LogP contribution in [0.15, 0.2) is 88.8 Å². The minimum atomic E-state index is -0.971. The van der Waals surface area contributed by atoms with Crippen LogP contribution < -0.4 is 9.64 Å². The molecule has 1 aliphatic rings. The average molecular weight is 578 g/mol. The Balaban J connectivity index is 1.50. The normalized spacial score (nSPS) is 16.5. The van der Waals surface area contributed by atoms with E-state index in [1.54, 1.807) is 72.8 Å². The third kappa shape index (κ3) is 5.44. The molecule has 1 saturated heterocycles. The largest absolute Gasteiger partial charge is 0.507 e. The summed E-state index contributed by atoms with van der Waals surface area (Å²) in [4.78, 5) is 40.4. The van der Waals surface area contributed by atoms with Crippen molar-refractivity contribution in [3.8, 4) is 5.75 Å². The van der Waals surface area contributed by atoms with Crippen LogP contribution in [-0.2, 0) is 9.59 Å². The number of methoxy groups -OCH3 is 1. The van der Waals surface area contributed by atoms with Crippen LogP contribution in [0.25, 0.3) is 5.76 Å². The molecule has 1 amide bonds. The third-order valence-electron chi connectivity index (χ3n) is 6.02. The van der Waals surface area contributed by atoms with Gasteiger partial charge in [-0.05, 0) is 42.0 Å². The number of anilines is 1. The van der Waals surface area contributed by atoms with Crippen molar-refractivity contribution in [1.29, 1.82) is 0 Å². The van der Waals surface area contributed by atoms with E-state index >= 15 is 0 Å². The molecule has 11 heteroatoms. The first-order valence-electron chi connectivity index (χ1n) is 11.6. The molecule has 8 nitrogen and oxygen atoms in total. The number of amides is 1. The van der Waals surface area contributed by atoms with Gasteiger partial charge < -0.3 is 9.84 Å². The van der Waals surface area contributed by atoms with Gasteiger partial charge in [-0.3, -0.25) is 19.3 Å². The summed E-state index contributed by atoms with van der Waals surface area (Å²) in [6, 6.07) is 21.1. The van der Waals surface area contributed by atoms with Crippen LogP contribution in [0.5, 0.6) is 5.75 Å². The Morgan fingerprint density at radius 2 is 1.69 bits per heavy atom. The highest BCUT2D eigenvalue weighted by Crippen LogP contribution is 2.44. The van der Waals surface area contributed by atoms with E-state index < -0.39 is 17.7 Å². The molecule has 1 aromatic heterocycles. The van der Waals surface area contributed by atoms with E-state index in [2.05, 4.69) is 10.2 Å². The molecule has 3 aromatic carbocycles. The number of hydrogen-bond donors (Lipinski definition) is 1. The van der Waals surface area contributed by atoms with E-state index in [0.717, 1.165) is 11.3 Å². The van der Waals surface area contributed by atoms with Crippen molar-refractivity contribution in [2.75, 3.05) is 17.8 Å². The smallest absolute Gasteiger partial charge is 0.301 e. The number of hydrogen-bond acceptors (Lipinski definition) is 9. The Bertz CT molecular complexity index is 1570. The molecule has 196 valence electrons. The molecule has 0 spiro atoms. The van der Waals surface area contributed by atoms with Crippen LogP contribution in [0.2, 0.25) is 5.02 Å². The fourth-order valence-electron chi connectivity index (χ4n) is 4.09. The van der Waals surface area contributed by atoms with Gasteiger partial charge in [-0.25, -0.2) is 0 Å². The van der Waals surface area contributed by atoms with E-state index in [4.69, 9.17) is 16.3 Å². The first-order valence-corrected chi connectivity index (χ1v) is 13.8. The van der Waals surface area contributed by atoms with Crippen molar-refractivity contribution >= 4 is 63.1 Å². The molecule has 5 rings (SSSR count). The highest BCUT2D eigenvalue weighted by molar-refractivity contribution is 8.01. The van der Waals surface area contributed by atoms with Crippen LogP contribution in [-0.4, -0.2) is 45.6 Å². The van der Waals surface area contributed by atoms with E-state index in [1.807, 2.05) is 6.07 Å². The Morgan fingerprint density at radius 3 is 2.36 bits per heavy atom. The van der Waals surface area contributed by atoms with Crippen molar-refractivity contribution in [3.63, 3.8) is 0 Å². The maximum atomic E-state index is 13.3. The second-order valence-corrected chi connectivity index (χ2v) is 11.0. The lowest BCUT2D eigenvalue weighted by Gasteiger charge is -2.22. The lowest BCUT2D eigenvalue weighted by atomic mass is 9.95. The van der Waals surface area contributed by atoms with Crippen LogP contribution in [0.3, 0.4) is 0 Å². The Morgan fingerprint density at radius 1 is 1.00 bits per heavy atom. The van der Waals surface area contributed by atoms with Gasteiger partial charge >= 0.3 is 5.91 Å². The molecule has 39 heavy (non-hydrogen) atoms.